The van der Waals surface area contributed by atoms with Crippen molar-refractivity contribution in [2.45, 2.75) is 65.4 Å². The Balaban J connectivity index is 2.05. The van der Waals surface area contributed by atoms with Gasteiger partial charge in [-0.15, -0.1) is 0 Å². The van der Waals surface area contributed by atoms with E-state index in [-0.39, 0.29) is 11.5 Å². The van der Waals surface area contributed by atoms with Crippen molar-refractivity contribution in [1.82, 2.24) is 5.32 Å². The second kappa shape index (κ2) is 6.61. The zero-order chi connectivity index (χ0) is 12.0. The first-order chi connectivity index (χ1) is 7.47. The third-order valence-electron chi connectivity index (χ3n) is 3.39. The number of hydrogen-bond acceptors (Lipinski definition) is 2. The number of aliphatic hydroxyl groups is 1. The van der Waals surface area contributed by atoms with E-state index < -0.39 is 0 Å². The van der Waals surface area contributed by atoms with E-state index in [2.05, 4.69) is 26.1 Å². The van der Waals surface area contributed by atoms with Crippen molar-refractivity contribution < 1.29 is 5.11 Å². The van der Waals surface area contributed by atoms with E-state index in [1.807, 2.05) is 0 Å². The fraction of sp³-hybridized carbons (Fsp3) is 1.00. The van der Waals surface area contributed by atoms with E-state index in [1.54, 1.807) is 0 Å². The molecule has 0 aliphatic heterocycles. The van der Waals surface area contributed by atoms with Crippen LogP contribution in [0.25, 0.3) is 0 Å². The first-order valence-electron chi connectivity index (χ1n) is 6.86. The van der Waals surface area contributed by atoms with Crippen LogP contribution < -0.4 is 5.32 Å². The maximum absolute atomic E-state index is 9.85. The molecule has 2 nitrogen and oxygen atoms in total. The average molecular weight is 227 g/mol. The van der Waals surface area contributed by atoms with Crippen LogP contribution >= 0.6 is 0 Å². The summed E-state index contributed by atoms with van der Waals surface area (Å²) in [6.45, 7) is 8.39. The highest BCUT2D eigenvalue weighted by atomic mass is 16.3. The zero-order valence-corrected chi connectivity index (χ0v) is 11.3. The van der Waals surface area contributed by atoms with Gasteiger partial charge < -0.3 is 10.4 Å². The number of rotatable bonds is 5. The maximum atomic E-state index is 9.85. The van der Waals surface area contributed by atoms with Crippen molar-refractivity contribution >= 4 is 0 Å². The van der Waals surface area contributed by atoms with E-state index >= 15 is 0 Å². The Hall–Kier alpha value is -0.0800. The van der Waals surface area contributed by atoms with Crippen LogP contribution in [0.5, 0.6) is 0 Å². The Labute approximate surface area is 101 Å². The quantitative estimate of drug-likeness (QED) is 0.757. The summed E-state index contributed by atoms with van der Waals surface area (Å²) in [5.74, 6) is 0.857. The predicted molar refractivity (Wildman–Crippen MR) is 69.5 cm³/mol. The molecular formula is C14H29NO. The summed E-state index contributed by atoms with van der Waals surface area (Å²) < 4.78 is 0. The third-order valence-corrected chi connectivity index (χ3v) is 3.39. The maximum Gasteiger partial charge on any atom is 0.0669 e. The smallest absolute Gasteiger partial charge is 0.0669 e. The van der Waals surface area contributed by atoms with Crippen LogP contribution in [0.4, 0.5) is 0 Å². The normalized spacial score (nSPS) is 21.0. The van der Waals surface area contributed by atoms with Crippen LogP contribution in [0.3, 0.4) is 0 Å². The second-order valence-electron chi connectivity index (χ2n) is 6.58. The lowest BCUT2D eigenvalue weighted by Gasteiger charge is -2.25. The van der Waals surface area contributed by atoms with Gasteiger partial charge in [0.2, 0.25) is 0 Å². The summed E-state index contributed by atoms with van der Waals surface area (Å²) in [7, 11) is 0. The van der Waals surface area contributed by atoms with Crippen molar-refractivity contribution in [1.29, 1.82) is 0 Å². The van der Waals surface area contributed by atoms with Crippen molar-refractivity contribution in [2.24, 2.45) is 11.3 Å². The average Bonchev–Trinajstić information content (AvgIpc) is 2.16. The minimum atomic E-state index is -0.191. The SMILES string of the molecule is CC(C)(C)CC(O)CNCC1CCCCC1. The molecule has 0 aromatic rings. The van der Waals surface area contributed by atoms with Crippen LogP contribution in [-0.4, -0.2) is 24.3 Å². The van der Waals surface area contributed by atoms with Gasteiger partial charge in [0.05, 0.1) is 6.10 Å². The van der Waals surface area contributed by atoms with Crippen LogP contribution in [0.1, 0.15) is 59.3 Å². The molecule has 0 spiro atoms. The number of aliphatic hydroxyl groups excluding tert-OH is 1. The van der Waals surface area contributed by atoms with E-state index in [9.17, 15) is 5.11 Å². The molecule has 1 aliphatic carbocycles. The van der Waals surface area contributed by atoms with Gasteiger partial charge in [-0.25, -0.2) is 0 Å². The van der Waals surface area contributed by atoms with Gasteiger partial charge in [0.15, 0.2) is 0 Å². The molecule has 0 aromatic carbocycles. The highest BCUT2D eigenvalue weighted by molar-refractivity contribution is 4.72. The fourth-order valence-corrected chi connectivity index (χ4v) is 2.62. The van der Waals surface area contributed by atoms with Gasteiger partial charge in [0, 0.05) is 6.54 Å². The molecule has 0 radical (unpaired) electrons. The first kappa shape index (κ1) is 14.0. The summed E-state index contributed by atoms with van der Waals surface area (Å²) in [4.78, 5) is 0. The summed E-state index contributed by atoms with van der Waals surface area (Å²) in [5, 5.41) is 13.3. The molecule has 2 heteroatoms. The molecule has 0 heterocycles. The Kier molecular flexibility index (Phi) is 5.77. The predicted octanol–water partition coefficient (Wildman–Crippen LogP) is 2.95. The summed E-state index contributed by atoms with van der Waals surface area (Å²) in [6.07, 6.45) is 7.66. The molecule has 1 aliphatic rings. The van der Waals surface area contributed by atoms with Gasteiger partial charge in [0.25, 0.3) is 0 Å². The monoisotopic (exact) mass is 227 g/mol. The third kappa shape index (κ3) is 6.49. The van der Waals surface area contributed by atoms with Crippen molar-refractivity contribution in [2.75, 3.05) is 13.1 Å². The molecule has 96 valence electrons. The molecule has 1 fully saturated rings. The molecule has 1 rings (SSSR count). The van der Waals surface area contributed by atoms with Gasteiger partial charge in [-0.2, -0.15) is 0 Å². The summed E-state index contributed by atoms with van der Waals surface area (Å²) in [5.41, 5.74) is 0.228. The summed E-state index contributed by atoms with van der Waals surface area (Å²) in [6, 6.07) is 0. The lowest BCUT2D eigenvalue weighted by molar-refractivity contribution is 0.118. The van der Waals surface area contributed by atoms with Crippen molar-refractivity contribution in [3.63, 3.8) is 0 Å². The molecule has 0 amide bonds. The van der Waals surface area contributed by atoms with Gasteiger partial charge in [0.1, 0.15) is 0 Å². The Bertz CT molecular complexity index is 180. The highest BCUT2D eigenvalue weighted by Crippen LogP contribution is 2.23. The second-order valence-corrected chi connectivity index (χ2v) is 6.58. The van der Waals surface area contributed by atoms with Crippen LogP contribution in [0.15, 0.2) is 0 Å². The van der Waals surface area contributed by atoms with Crippen LogP contribution in [0, 0.1) is 11.3 Å². The standard InChI is InChI=1S/C14H29NO/c1-14(2,3)9-13(16)11-15-10-12-7-5-4-6-8-12/h12-13,15-16H,4-11H2,1-3H3. The Morgan fingerprint density at radius 3 is 2.38 bits per heavy atom. The molecule has 1 unspecified atom stereocenters. The molecule has 0 saturated heterocycles. The van der Waals surface area contributed by atoms with Gasteiger partial charge in [-0.05, 0) is 37.1 Å². The van der Waals surface area contributed by atoms with Crippen LogP contribution in [0.2, 0.25) is 0 Å². The first-order valence-corrected chi connectivity index (χ1v) is 6.86. The largest absolute Gasteiger partial charge is 0.392 e. The minimum Gasteiger partial charge on any atom is -0.392 e. The number of hydrogen-bond donors (Lipinski definition) is 2. The van der Waals surface area contributed by atoms with Crippen molar-refractivity contribution in [3.8, 4) is 0 Å². The fourth-order valence-electron chi connectivity index (χ4n) is 2.62. The van der Waals surface area contributed by atoms with E-state index in [0.717, 1.165) is 25.4 Å². The van der Waals surface area contributed by atoms with Crippen molar-refractivity contribution in [3.05, 3.63) is 0 Å². The Morgan fingerprint density at radius 2 is 1.81 bits per heavy atom. The number of nitrogens with one attached hydrogen (secondary N) is 1. The molecule has 1 atom stereocenters. The highest BCUT2D eigenvalue weighted by Gasteiger charge is 2.17. The zero-order valence-electron chi connectivity index (χ0n) is 11.3. The van der Waals surface area contributed by atoms with E-state index in [1.165, 1.54) is 32.1 Å². The van der Waals surface area contributed by atoms with E-state index in [4.69, 9.17) is 0 Å². The minimum absolute atomic E-state index is 0.191. The van der Waals surface area contributed by atoms with Gasteiger partial charge in [-0.1, -0.05) is 40.0 Å². The molecule has 16 heavy (non-hydrogen) atoms. The van der Waals surface area contributed by atoms with Gasteiger partial charge >= 0.3 is 0 Å². The topological polar surface area (TPSA) is 32.3 Å². The molecule has 0 bridgehead atoms. The van der Waals surface area contributed by atoms with E-state index in [0.29, 0.717) is 0 Å². The van der Waals surface area contributed by atoms with Gasteiger partial charge in [-0.3, -0.25) is 0 Å². The molecular weight excluding hydrogens is 198 g/mol. The molecule has 0 aromatic heterocycles. The molecule has 2 N–H and O–H groups in total. The summed E-state index contributed by atoms with van der Waals surface area (Å²) >= 11 is 0. The lowest BCUT2D eigenvalue weighted by Crippen LogP contribution is -2.33. The van der Waals surface area contributed by atoms with Crippen LogP contribution in [-0.2, 0) is 0 Å². The lowest BCUT2D eigenvalue weighted by atomic mass is 9.88. The molecule has 1 saturated carbocycles. The Morgan fingerprint density at radius 1 is 1.19 bits per heavy atom.